The summed E-state index contributed by atoms with van der Waals surface area (Å²) in [6.45, 7) is 8.68. The number of carbonyl (C=O) groups is 1. The number of carbonyl (C=O) groups excluding carboxylic acids is 1. The van der Waals surface area contributed by atoms with Crippen molar-refractivity contribution in [2.75, 3.05) is 6.61 Å². The Bertz CT molecular complexity index is 809. The van der Waals surface area contributed by atoms with E-state index in [1.165, 1.54) is 11.8 Å². The Hall–Kier alpha value is -2.09. The quantitative estimate of drug-likeness (QED) is 0.389. The summed E-state index contributed by atoms with van der Waals surface area (Å²) in [7, 11) is 0. The van der Waals surface area contributed by atoms with E-state index in [0.29, 0.717) is 21.5 Å². The lowest BCUT2D eigenvalue weighted by Gasteiger charge is -2.18. The maximum atomic E-state index is 12.2. The fraction of sp³-hybridized carbons (Fsp3) is 0.300. The van der Waals surface area contributed by atoms with Crippen LogP contribution in [-0.2, 0) is 5.41 Å². The molecule has 0 saturated carbocycles. The van der Waals surface area contributed by atoms with Crippen molar-refractivity contribution in [3.63, 3.8) is 0 Å². The van der Waals surface area contributed by atoms with Crippen LogP contribution in [0.1, 0.15) is 49.2 Å². The van der Waals surface area contributed by atoms with Crippen molar-refractivity contribution in [3.05, 3.63) is 56.7 Å². The van der Waals surface area contributed by atoms with Gasteiger partial charge in [0, 0.05) is 5.56 Å². The van der Waals surface area contributed by atoms with E-state index in [1.54, 1.807) is 24.3 Å². The van der Waals surface area contributed by atoms with E-state index in [1.807, 2.05) is 41.6 Å². The molecular formula is C20H23IN2O3. The number of benzene rings is 2. The number of rotatable bonds is 5. The van der Waals surface area contributed by atoms with Crippen LogP contribution >= 0.6 is 22.6 Å². The monoisotopic (exact) mass is 466 g/mol. The van der Waals surface area contributed by atoms with E-state index in [4.69, 9.17) is 4.74 Å². The van der Waals surface area contributed by atoms with Gasteiger partial charge in [0.2, 0.25) is 0 Å². The van der Waals surface area contributed by atoms with Crippen LogP contribution in [-0.4, -0.2) is 23.8 Å². The van der Waals surface area contributed by atoms with E-state index in [0.717, 1.165) is 5.56 Å². The minimum atomic E-state index is -0.278. The molecule has 0 fully saturated rings. The van der Waals surface area contributed by atoms with Crippen LogP contribution in [0.5, 0.6) is 11.5 Å². The average Bonchev–Trinajstić information content (AvgIpc) is 2.58. The summed E-state index contributed by atoms with van der Waals surface area (Å²) in [6.07, 6.45) is 1.52. The van der Waals surface area contributed by atoms with Gasteiger partial charge in [-0.15, -0.1) is 0 Å². The molecule has 0 aromatic heterocycles. The second-order valence-corrected chi connectivity index (χ2v) is 7.97. The first-order valence-electron chi connectivity index (χ1n) is 8.31. The van der Waals surface area contributed by atoms with Gasteiger partial charge < -0.3 is 9.84 Å². The molecule has 5 nitrogen and oxygen atoms in total. The van der Waals surface area contributed by atoms with Crippen LogP contribution in [0.25, 0.3) is 0 Å². The summed E-state index contributed by atoms with van der Waals surface area (Å²) in [5.74, 6) is 0.220. The fourth-order valence-electron chi connectivity index (χ4n) is 2.29. The lowest BCUT2D eigenvalue weighted by molar-refractivity contribution is 0.0955. The highest BCUT2D eigenvalue weighted by molar-refractivity contribution is 14.1. The number of amides is 1. The zero-order valence-electron chi connectivity index (χ0n) is 15.3. The highest BCUT2D eigenvalue weighted by Crippen LogP contribution is 2.32. The van der Waals surface area contributed by atoms with E-state index in [-0.39, 0.29) is 17.1 Å². The number of nitrogens with one attached hydrogen (secondary N) is 1. The average molecular weight is 466 g/mol. The molecule has 1 amide bonds. The molecule has 0 aliphatic rings. The Labute approximate surface area is 167 Å². The second-order valence-electron chi connectivity index (χ2n) is 6.81. The summed E-state index contributed by atoms with van der Waals surface area (Å²) in [6, 6.07) is 10.9. The molecule has 0 aliphatic heterocycles. The number of nitrogens with zero attached hydrogens (tertiary/aromatic N) is 1. The number of ether oxygens (including phenoxy) is 1. The van der Waals surface area contributed by atoms with Crippen molar-refractivity contribution >= 4 is 34.7 Å². The first-order chi connectivity index (χ1) is 12.2. The molecule has 2 rings (SSSR count). The molecule has 2 aromatic carbocycles. The van der Waals surface area contributed by atoms with Gasteiger partial charge in [-0.05, 0) is 70.3 Å². The van der Waals surface area contributed by atoms with Crippen LogP contribution in [0.4, 0.5) is 0 Å². The predicted octanol–water partition coefficient (Wildman–Crippen LogP) is 4.46. The Morgan fingerprint density at radius 3 is 2.50 bits per heavy atom. The Morgan fingerprint density at radius 1 is 1.27 bits per heavy atom. The van der Waals surface area contributed by atoms with Gasteiger partial charge in [0.1, 0.15) is 0 Å². The lowest BCUT2D eigenvalue weighted by Crippen LogP contribution is -2.18. The zero-order chi connectivity index (χ0) is 19.3. The third-order valence-electron chi connectivity index (χ3n) is 3.74. The summed E-state index contributed by atoms with van der Waals surface area (Å²) >= 11 is 2.02. The molecule has 26 heavy (non-hydrogen) atoms. The highest BCUT2D eigenvalue weighted by Gasteiger charge is 2.14. The number of phenolic OH excluding ortho intramolecular Hbond substituents is 1. The zero-order valence-corrected chi connectivity index (χ0v) is 17.5. The molecule has 0 saturated heterocycles. The molecule has 138 valence electrons. The van der Waals surface area contributed by atoms with Gasteiger partial charge in [-0.25, -0.2) is 5.43 Å². The molecule has 0 unspecified atom stereocenters. The van der Waals surface area contributed by atoms with E-state index in [2.05, 4.69) is 31.3 Å². The van der Waals surface area contributed by atoms with Crippen LogP contribution in [0, 0.1) is 3.57 Å². The van der Waals surface area contributed by atoms with Gasteiger partial charge in [-0.3, -0.25) is 4.79 Å². The molecule has 6 heteroatoms. The number of aromatic hydroxyl groups is 1. The van der Waals surface area contributed by atoms with Gasteiger partial charge in [0.15, 0.2) is 11.5 Å². The van der Waals surface area contributed by atoms with Gasteiger partial charge in [-0.1, -0.05) is 32.9 Å². The Balaban J connectivity index is 2.07. The predicted molar refractivity (Wildman–Crippen MR) is 112 cm³/mol. The number of hydrogen-bond donors (Lipinski definition) is 2. The molecule has 0 heterocycles. The van der Waals surface area contributed by atoms with Crippen molar-refractivity contribution in [1.82, 2.24) is 5.43 Å². The van der Waals surface area contributed by atoms with E-state index >= 15 is 0 Å². The first kappa shape index (κ1) is 20.2. The fourth-order valence-corrected chi connectivity index (χ4v) is 2.91. The van der Waals surface area contributed by atoms with Crippen LogP contribution in [0.3, 0.4) is 0 Å². The number of phenols is 1. The normalized spacial score (nSPS) is 11.6. The maximum absolute atomic E-state index is 12.2. The minimum absolute atomic E-state index is 0.0431. The van der Waals surface area contributed by atoms with Gasteiger partial charge >= 0.3 is 0 Å². The van der Waals surface area contributed by atoms with Crippen LogP contribution in [0.2, 0.25) is 0 Å². The molecule has 0 atom stereocenters. The van der Waals surface area contributed by atoms with Gasteiger partial charge in [0.25, 0.3) is 5.91 Å². The molecule has 0 bridgehead atoms. The van der Waals surface area contributed by atoms with Crippen LogP contribution in [0.15, 0.2) is 41.5 Å². The molecule has 0 spiro atoms. The smallest absolute Gasteiger partial charge is 0.271 e. The maximum Gasteiger partial charge on any atom is 0.271 e. The van der Waals surface area contributed by atoms with Gasteiger partial charge in [-0.2, -0.15) is 5.10 Å². The summed E-state index contributed by atoms with van der Waals surface area (Å²) < 4.78 is 6.04. The summed E-state index contributed by atoms with van der Waals surface area (Å²) in [5.41, 5.74) is 4.99. The van der Waals surface area contributed by atoms with Crippen molar-refractivity contribution in [1.29, 1.82) is 0 Å². The van der Waals surface area contributed by atoms with Crippen LogP contribution < -0.4 is 10.2 Å². The minimum Gasteiger partial charge on any atom is -0.504 e. The van der Waals surface area contributed by atoms with Crippen molar-refractivity contribution in [3.8, 4) is 11.5 Å². The summed E-state index contributed by atoms with van der Waals surface area (Å²) in [5, 5.41) is 13.9. The topological polar surface area (TPSA) is 70.9 Å². The number of hydrazone groups is 1. The lowest BCUT2D eigenvalue weighted by atomic mass is 9.87. The van der Waals surface area contributed by atoms with Crippen molar-refractivity contribution in [2.45, 2.75) is 33.1 Å². The second kappa shape index (κ2) is 8.53. The summed E-state index contributed by atoms with van der Waals surface area (Å²) in [4.78, 5) is 12.2. The molecule has 2 N–H and O–H groups in total. The number of hydrogen-bond acceptors (Lipinski definition) is 4. The first-order valence-corrected chi connectivity index (χ1v) is 9.39. The molecule has 0 aliphatic carbocycles. The molecular weight excluding hydrogens is 443 g/mol. The molecule has 2 aromatic rings. The van der Waals surface area contributed by atoms with Crippen molar-refractivity contribution in [2.24, 2.45) is 5.10 Å². The van der Waals surface area contributed by atoms with E-state index < -0.39 is 0 Å². The molecule has 0 radical (unpaired) electrons. The third kappa shape index (κ3) is 5.20. The highest BCUT2D eigenvalue weighted by atomic mass is 127. The standard InChI is InChI=1S/C20H23IN2O3/c1-5-26-17-11-13(10-16(21)18(17)24)12-22-23-19(25)14-6-8-15(9-7-14)20(2,3)4/h6-12,24H,5H2,1-4H3,(H,23,25)/b22-12-. The number of halogens is 1. The third-order valence-corrected chi connectivity index (χ3v) is 4.57. The SMILES string of the molecule is CCOc1cc(/C=N\NC(=O)c2ccc(C(C)(C)C)cc2)cc(I)c1O. The Morgan fingerprint density at radius 2 is 1.92 bits per heavy atom. The largest absolute Gasteiger partial charge is 0.504 e. The Kier molecular flexibility index (Phi) is 6.63. The van der Waals surface area contributed by atoms with Gasteiger partial charge in [0.05, 0.1) is 16.4 Å². The van der Waals surface area contributed by atoms with E-state index in [9.17, 15) is 9.90 Å². The van der Waals surface area contributed by atoms with Crippen molar-refractivity contribution < 1.29 is 14.6 Å².